The van der Waals surface area contributed by atoms with Gasteiger partial charge < -0.3 is 23.8 Å². The molecule has 2 fully saturated rings. The summed E-state index contributed by atoms with van der Waals surface area (Å²) in [4.78, 5) is 22.1. The van der Waals surface area contributed by atoms with Crippen LogP contribution in [0.4, 0.5) is 18.0 Å². The lowest BCUT2D eigenvalue weighted by atomic mass is 9.84. The van der Waals surface area contributed by atoms with E-state index in [0.717, 1.165) is 10.4 Å². The maximum atomic E-state index is 13.3. The van der Waals surface area contributed by atoms with Crippen LogP contribution in [0.3, 0.4) is 0 Å². The van der Waals surface area contributed by atoms with Crippen LogP contribution in [0.15, 0.2) is 40.9 Å². The minimum atomic E-state index is -4.76. The van der Waals surface area contributed by atoms with Crippen LogP contribution in [0.1, 0.15) is 29.7 Å². The molecule has 2 saturated heterocycles. The van der Waals surface area contributed by atoms with Gasteiger partial charge in [0.25, 0.3) is 0 Å². The van der Waals surface area contributed by atoms with Crippen LogP contribution in [0.2, 0.25) is 4.34 Å². The van der Waals surface area contributed by atoms with Gasteiger partial charge in [0.1, 0.15) is 5.75 Å². The molecule has 2 amide bonds. The van der Waals surface area contributed by atoms with Gasteiger partial charge in [0.05, 0.1) is 28.3 Å². The molecule has 0 radical (unpaired) electrons. The number of aromatic nitrogens is 2. The third-order valence-electron chi connectivity index (χ3n) is 6.17. The second-order valence-corrected chi connectivity index (χ2v) is 10.3. The van der Waals surface area contributed by atoms with Crippen molar-refractivity contribution in [1.29, 1.82) is 0 Å². The molecular formula is C23H22ClF3N4O4S. The number of carbonyl (C=O) groups excluding carboxylic acids is 1. The van der Waals surface area contributed by atoms with Crippen molar-refractivity contribution in [2.24, 2.45) is 0 Å². The van der Waals surface area contributed by atoms with Gasteiger partial charge in [0.15, 0.2) is 0 Å². The minimum absolute atomic E-state index is 0.116. The molecule has 13 heteroatoms. The number of alkyl halides is 3. The molecule has 0 N–H and O–H groups in total. The summed E-state index contributed by atoms with van der Waals surface area (Å²) in [6.45, 7) is 2.74. The molecule has 0 spiro atoms. The van der Waals surface area contributed by atoms with Crippen LogP contribution in [-0.2, 0) is 4.74 Å². The topological polar surface area (TPSA) is 80.9 Å². The maximum absolute atomic E-state index is 13.3. The first kappa shape index (κ1) is 24.8. The fraction of sp³-hybridized carbons (Fsp3) is 0.435. The Morgan fingerprint density at radius 1 is 1.06 bits per heavy atom. The second-order valence-electron chi connectivity index (χ2n) is 8.59. The molecule has 1 aromatic carbocycles. The van der Waals surface area contributed by atoms with Crippen molar-refractivity contribution in [1.82, 2.24) is 19.9 Å². The maximum Gasteiger partial charge on any atom is 0.573 e. The van der Waals surface area contributed by atoms with Gasteiger partial charge >= 0.3 is 12.4 Å². The van der Waals surface area contributed by atoms with Gasteiger partial charge in [-0.15, -0.1) is 24.5 Å². The first-order valence-electron chi connectivity index (χ1n) is 11.3. The number of morpholine rings is 1. The zero-order chi connectivity index (χ0) is 25.3. The Morgan fingerprint density at radius 3 is 2.44 bits per heavy atom. The van der Waals surface area contributed by atoms with Crippen LogP contribution in [0.5, 0.6) is 5.75 Å². The highest BCUT2D eigenvalue weighted by molar-refractivity contribution is 7.19. The number of hydrogen-bond acceptors (Lipinski definition) is 7. The molecule has 0 bridgehead atoms. The summed E-state index contributed by atoms with van der Waals surface area (Å²) in [7, 11) is 0. The zero-order valence-corrected chi connectivity index (χ0v) is 20.5. The fourth-order valence-electron chi connectivity index (χ4n) is 4.51. The second kappa shape index (κ2) is 10.3. The number of thiophene rings is 1. The van der Waals surface area contributed by atoms with Crippen molar-refractivity contribution in [3.05, 3.63) is 52.2 Å². The number of amides is 2. The average Bonchev–Trinajstić information content (AvgIpc) is 3.53. The van der Waals surface area contributed by atoms with Gasteiger partial charge in [-0.05, 0) is 36.2 Å². The van der Waals surface area contributed by atoms with Crippen LogP contribution in [0.25, 0.3) is 10.7 Å². The summed E-state index contributed by atoms with van der Waals surface area (Å²) in [5.41, 5.74) is 0.791. The molecule has 5 rings (SSSR count). The van der Waals surface area contributed by atoms with Crippen molar-refractivity contribution in [2.45, 2.75) is 24.6 Å². The van der Waals surface area contributed by atoms with Crippen LogP contribution >= 0.6 is 22.9 Å². The highest BCUT2D eigenvalue weighted by Gasteiger charge is 2.37. The first-order chi connectivity index (χ1) is 17.2. The normalized spacial score (nSPS) is 21.0. The number of halogens is 4. The summed E-state index contributed by atoms with van der Waals surface area (Å²) in [5, 5.41) is 4.09. The monoisotopic (exact) mass is 542 g/mol. The van der Waals surface area contributed by atoms with Gasteiger partial charge in [0.2, 0.25) is 11.7 Å². The number of rotatable bonds is 4. The van der Waals surface area contributed by atoms with Gasteiger partial charge in [-0.1, -0.05) is 28.9 Å². The fourth-order valence-corrected chi connectivity index (χ4v) is 5.48. The van der Waals surface area contributed by atoms with E-state index in [9.17, 15) is 18.0 Å². The number of ether oxygens (including phenoxy) is 2. The molecule has 36 heavy (non-hydrogen) atoms. The third kappa shape index (κ3) is 5.76. The molecule has 3 aromatic rings. The lowest BCUT2D eigenvalue weighted by Crippen LogP contribution is -2.52. The molecule has 8 nitrogen and oxygen atoms in total. The van der Waals surface area contributed by atoms with E-state index in [2.05, 4.69) is 14.9 Å². The Kier molecular flexibility index (Phi) is 7.09. The van der Waals surface area contributed by atoms with Crippen molar-refractivity contribution >= 4 is 29.0 Å². The predicted molar refractivity (Wildman–Crippen MR) is 125 cm³/mol. The SMILES string of the molecule is O=C(N1CCOCC1)N1CC(c2ccc(OC(F)(F)F)cc2)CC(c2nc(-c3ccc(Cl)s3)no2)C1. The van der Waals surface area contributed by atoms with Crippen molar-refractivity contribution in [2.75, 3.05) is 39.4 Å². The lowest BCUT2D eigenvalue weighted by Gasteiger charge is -2.40. The lowest BCUT2D eigenvalue weighted by molar-refractivity contribution is -0.274. The van der Waals surface area contributed by atoms with E-state index < -0.39 is 6.36 Å². The third-order valence-corrected chi connectivity index (χ3v) is 7.40. The highest BCUT2D eigenvalue weighted by Crippen LogP contribution is 2.38. The van der Waals surface area contributed by atoms with Gasteiger partial charge in [-0.25, -0.2) is 4.79 Å². The Hall–Kier alpha value is -2.83. The number of nitrogens with zero attached hydrogens (tertiary/aromatic N) is 4. The molecule has 0 aliphatic carbocycles. The summed E-state index contributed by atoms with van der Waals surface area (Å²) in [6.07, 6.45) is -4.18. The average molecular weight is 543 g/mol. The molecular weight excluding hydrogens is 521 g/mol. The van der Waals surface area contributed by atoms with Crippen LogP contribution in [-0.4, -0.2) is 71.7 Å². The molecule has 4 heterocycles. The highest BCUT2D eigenvalue weighted by atomic mass is 35.5. The molecule has 2 aliphatic heterocycles. The predicted octanol–water partition coefficient (Wildman–Crippen LogP) is 5.38. The number of hydrogen-bond donors (Lipinski definition) is 0. The van der Waals surface area contributed by atoms with E-state index in [1.165, 1.54) is 23.5 Å². The smallest absolute Gasteiger partial charge is 0.406 e. The number of carbonyl (C=O) groups is 1. The van der Waals surface area contributed by atoms with Crippen LogP contribution < -0.4 is 4.74 Å². The van der Waals surface area contributed by atoms with Gasteiger partial charge in [-0.2, -0.15) is 4.98 Å². The van der Waals surface area contributed by atoms with Crippen molar-refractivity contribution < 1.29 is 32.0 Å². The molecule has 2 aliphatic rings. The van der Waals surface area contributed by atoms with E-state index in [1.54, 1.807) is 28.0 Å². The molecule has 2 atom stereocenters. The number of piperidine rings is 1. The standard InChI is InChI=1S/C23H22ClF3N4O4S/c24-19-6-5-18(36-19)20-28-21(35-29-20)16-11-15(14-1-3-17(4-2-14)34-23(25,26)27)12-31(13-16)22(32)30-7-9-33-10-8-30/h1-6,15-16H,7-13H2. The Bertz CT molecular complexity index is 1200. The van der Waals surface area contributed by atoms with E-state index in [0.29, 0.717) is 61.9 Å². The van der Waals surface area contributed by atoms with Crippen molar-refractivity contribution in [3.63, 3.8) is 0 Å². The van der Waals surface area contributed by atoms with E-state index in [-0.39, 0.29) is 23.6 Å². The van der Waals surface area contributed by atoms with E-state index in [4.69, 9.17) is 20.9 Å². The number of likely N-dealkylation sites (tertiary alicyclic amines) is 1. The van der Waals surface area contributed by atoms with Crippen LogP contribution in [0, 0.1) is 0 Å². The Labute approximate surface area is 213 Å². The molecule has 2 unspecified atom stereocenters. The summed E-state index contributed by atoms with van der Waals surface area (Å²) < 4.78 is 53.3. The summed E-state index contributed by atoms with van der Waals surface area (Å²) in [6, 6.07) is 9.21. The minimum Gasteiger partial charge on any atom is -0.406 e. The Morgan fingerprint density at radius 2 is 1.78 bits per heavy atom. The summed E-state index contributed by atoms with van der Waals surface area (Å²) >= 11 is 7.36. The zero-order valence-electron chi connectivity index (χ0n) is 18.9. The molecule has 0 saturated carbocycles. The van der Waals surface area contributed by atoms with E-state index >= 15 is 0 Å². The quantitative estimate of drug-likeness (QED) is 0.440. The number of urea groups is 1. The first-order valence-corrected chi connectivity index (χ1v) is 12.5. The molecule has 192 valence electrons. The van der Waals surface area contributed by atoms with E-state index in [1.807, 2.05) is 6.07 Å². The van der Waals surface area contributed by atoms with Gasteiger partial charge in [0, 0.05) is 32.1 Å². The van der Waals surface area contributed by atoms with Crippen molar-refractivity contribution in [3.8, 4) is 16.5 Å². The number of benzene rings is 1. The molecule has 2 aromatic heterocycles. The largest absolute Gasteiger partial charge is 0.573 e. The van der Waals surface area contributed by atoms with Gasteiger partial charge in [-0.3, -0.25) is 0 Å². The summed E-state index contributed by atoms with van der Waals surface area (Å²) in [5.74, 6) is 0.118. The Balaban J connectivity index is 1.39.